The highest BCUT2D eigenvalue weighted by Crippen LogP contribution is 2.29. The van der Waals surface area contributed by atoms with Crippen LogP contribution in [-0.4, -0.2) is 13.0 Å². The van der Waals surface area contributed by atoms with Crippen LogP contribution in [0.4, 0.5) is 13.2 Å². The van der Waals surface area contributed by atoms with Gasteiger partial charge < -0.3 is 5.32 Å². The van der Waals surface area contributed by atoms with Crippen molar-refractivity contribution in [3.63, 3.8) is 0 Å². The predicted molar refractivity (Wildman–Crippen MR) is 59.3 cm³/mol. The molecule has 92 valence electrons. The van der Waals surface area contributed by atoms with E-state index in [-0.39, 0.29) is 30.4 Å². The van der Waals surface area contributed by atoms with E-state index in [4.69, 9.17) is 0 Å². The summed E-state index contributed by atoms with van der Waals surface area (Å²) in [5, 5.41) is 2.25. The van der Waals surface area contributed by atoms with Crippen molar-refractivity contribution in [3.8, 4) is 0 Å². The fourth-order valence-corrected chi connectivity index (χ4v) is 0.981. The third-order valence-corrected chi connectivity index (χ3v) is 1.68. The molecule has 0 aliphatic heterocycles. The number of carbonyl (C=O) groups is 1. The molecule has 1 amide bonds. The molecule has 0 aliphatic carbocycles. The number of hydrogen-bond donors (Lipinski definition) is 1. The predicted octanol–water partition coefficient (Wildman–Crippen LogP) is 2.91. The summed E-state index contributed by atoms with van der Waals surface area (Å²) in [6.07, 6.45) is -4.41. The molecular weight excluding hydrogens is 266 g/mol. The van der Waals surface area contributed by atoms with Crippen molar-refractivity contribution in [1.29, 1.82) is 0 Å². The second-order valence-electron chi connectivity index (χ2n) is 2.66. The molecule has 0 fully saturated rings. The standard InChI is InChI=1S/C9H8F3NO.2ClH/c1-13-8(14)6-3-2-4-7(5-6)9(10,11)12;;/h2-5H,1H3,(H,13,14);2*1H. The molecule has 1 aromatic rings. The largest absolute Gasteiger partial charge is 0.416 e. The first-order valence-electron chi connectivity index (χ1n) is 3.84. The molecule has 1 aromatic carbocycles. The van der Waals surface area contributed by atoms with Gasteiger partial charge in [-0.2, -0.15) is 13.2 Å². The normalized spacial score (nSPS) is 9.75. The summed E-state index contributed by atoms with van der Waals surface area (Å²) in [5.74, 6) is -0.531. The number of benzene rings is 1. The molecule has 0 atom stereocenters. The van der Waals surface area contributed by atoms with Gasteiger partial charge in [0.15, 0.2) is 0 Å². The number of carbonyl (C=O) groups excluding carboxylic acids is 1. The average molecular weight is 276 g/mol. The zero-order valence-electron chi connectivity index (χ0n) is 8.17. The number of rotatable bonds is 1. The van der Waals surface area contributed by atoms with Crippen LogP contribution < -0.4 is 5.32 Å². The highest BCUT2D eigenvalue weighted by atomic mass is 35.5. The Morgan fingerprint density at radius 3 is 2.25 bits per heavy atom. The Hall–Kier alpha value is -0.940. The van der Waals surface area contributed by atoms with Gasteiger partial charge in [0, 0.05) is 12.6 Å². The summed E-state index contributed by atoms with van der Waals surface area (Å²) in [6.45, 7) is 0. The first kappa shape index (κ1) is 17.5. The maximum Gasteiger partial charge on any atom is 0.416 e. The van der Waals surface area contributed by atoms with Crippen molar-refractivity contribution in [1.82, 2.24) is 5.32 Å². The third-order valence-electron chi connectivity index (χ3n) is 1.68. The van der Waals surface area contributed by atoms with E-state index >= 15 is 0 Å². The van der Waals surface area contributed by atoms with Gasteiger partial charge in [0.05, 0.1) is 5.56 Å². The quantitative estimate of drug-likeness (QED) is 0.839. The van der Waals surface area contributed by atoms with Crippen molar-refractivity contribution in [2.45, 2.75) is 6.18 Å². The first-order valence-corrected chi connectivity index (χ1v) is 3.84. The second kappa shape index (κ2) is 6.60. The molecule has 0 heterocycles. The molecule has 0 aliphatic rings. The molecular formula is C9H10Cl2F3NO. The second-order valence-corrected chi connectivity index (χ2v) is 2.66. The van der Waals surface area contributed by atoms with Gasteiger partial charge in [0.1, 0.15) is 0 Å². The average Bonchev–Trinajstić information content (AvgIpc) is 2.15. The van der Waals surface area contributed by atoms with Gasteiger partial charge in [-0.05, 0) is 18.2 Å². The highest BCUT2D eigenvalue weighted by molar-refractivity contribution is 5.94. The molecule has 1 N–H and O–H groups in total. The van der Waals surface area contributed by atoms with Gasteiger partial charge in [0.2, 0.25) is 0 Å². The molecule has 2 nitrogen and oxygen atoms in total. The molecule has 0 saturated carbocycles. The van der Waals surface area contributed by atoms with Crippen molar-refractivity contribution < 1.29 is 18.0 Å². The molecule has 0 aromatic heterocycles. The summed E-state index contributed by atoms with van der Waals surface area (Å²) in [5.41, 5.74) is -0.819. The van der Waals surface area contributed by atoms with Crippen LogP contribution in [0.15, 0.2) is 24.3 Å². The molecule has 0 spiro atoms. The minimum absolute atomic E-state index is 0. The van der Waals surface area contributed by atoms with Gasteiger partial charge in [-0.25, -0.2) is 0 Å². The lowest BCUT2D eigenvalue weighted by atomic mass is 10.1. The Kier molecular flexibility index (Phi) is 7.20. The van der Waals surface area contributed by atoms with E-state index in [1.54, 1.807) is 0 Å². The summed E-state index contributed by atoms with van der Waals surface area (Å²) in [4.78, 5) is 11.0. The minimum Gasteiger partial charge on any atom is -0.355 e. The van der Waals surface area contributed by atoms with Gasteiger partial charge >= 0.3 is 6.18 Å². The molecule has 7 heteroatoms. The molecule has 0 unspecified atom stereocenters. The monoisotopic (exact) mass is 275 g/mol. The van der Waals surface area contributed by atoms with Crippen LogP contribution in [0.1, 0.15) is 15.9 Å². The Morgan fingerprint density at radius 2 is 1.81 bits per heavy atom. The molecule has 0 saturated heterocycles. The molecule has 1 rings (SSSR count). The zero-order valence-corrected chi connectivity index (χ0v) is 9.80. The lowest BCUT2D eigenvalue weighted by Gasteiger charge is -2.07. The van der Waals surface area contributed by atoms with Crippen LogP contribution >= 0.6 is 24.8 Å². The van der Waals surface area contributed by atoms with E-state index in [0.29, 0.717) is 0 Å². The summed E-state index contributed by atoms with van der Waals surface area (Å²) >= 11 is 0. The van der Waals surface area contributed by atoms with Crippen molar-refractivity contribution >= 4 is 30.7 Å². The Balaban J connectivity index is 0. The van der Waals surface area contributed by atoms with Crippen molar-refractivity contribution in [2.24, 2.45) is 0 Å². The fraction of sp³-hybridized carbons (Fsp3) is 0.222. The minimum atomic E-state index is -4.41. The van der Waals surface area contributed by atoms with Gasteiger partial charge in [-0.1, -0.05) is 6.07 Å². The van der Waals surface area contributed by atoms with Crippen LogP contribution in [0.2, 0.25) is 0 Å². The van der Waals surface area contributed by atoms with Gasteiger partial charge in [-0.3, -0.25) is 4.79 Å². The molecule has 0 radical (unpaired) electrons. The number of alkyl halides is 3. The summed E-state index contributed by atoms with van der Waals surface area (Å²) < 4.78 is 36.6. The van der Waals surface area contributed by atoms with Crippen LogP contribution in [0, 0.1) is 0 Å². The lowest BCUT2D eigenvalue weighted by Crippen LogP contribution is -2.18. The molecule has 0 bridgehead atoms. The van der Waals surface area contributed by atoms with Crippen molar-refractivity contribution in [2.75, 3.05) is 7.05 Å². The SMILES string of the molecule is CNC(=O)c1cccc(C(F)(F)F)c1.Cl.Cl. The third kappa shape index (κ3) is 4.28. The smallest absolute Gasteiger partial charge is 0.355 e. The van der Waals surface area contributed by atoms with Crippen LogP contribution in [0.3, 0.4) is 0 Å². The lowest BCUT2D eigenvalue weighted by molar-refractivity contribution is -0.137. The Labute approximate surface area is 103 Å². The van der Waals surface area contributed by atoms with E-state index in [9.17, 15) is 18.0 Å². The van der Waals surface area contributed by atoms with E-state index in [1.165, 1.54) is 19.2 Å². The Morgan fingerprint density at radius 1 is 1.25 bits per heavy atom. The maximum atomic E-state index is 12.2. The highest BCUT2D eigenvalue weighted by Gasteiger charge is 2.30. The summed E-state index contributed by atoms with van der Waals surface area (Å²) in [7, 11) is 1.36. The van der Waals surface area contributed by atoms with Crippen LogP contribution in [0.25, 0.3) is 0 Å². The van der Waals surface area contributed by atoms with Gasteiger partial charge in [0.25, 0.3) is 5.91 Å². The van der Waals surface area contributed by atoms with Crippen LogP contribution in [-0.2, 0) is 6.18 Å². The first-order chi connectivity index (χ1) is 6.45. The van der Waals surface area contributed by atoms with E-state index < -0.39 is 17.6 Å². The van der Waals surface area contributed by atoms with E-state index in [2.05, 4.69) is 5.32 Å². The topological polar surface area (TPSA) is 29.1 Å². The zero-order chi connectivity index (χ0) is 10.8. The Bertz CT molecular complexity index is 355. The maximum absolute atomic E-state index is 12.2. The molecule has 16 heavy (non-hydrogen) atoms. The van der Waals surface area contributed by atoms with Gasteiger partial charge in [-0.15, -0.1) is 24.8 Å². The van der Waals surface area contributed by atoms with E-state index in [1.807, 2.05) is 0 Å². The number of nitrogens with one attached hydrogen (secondary N) is 1. The number of halogens is 5. The van der Waals surface area contributed by atoms with Crippen LogP contribution in [0.5, 0.6) is 0 Å². The summed E-state index contributed by atoms with van der Waals surface area (Å²) in [6, 6.07) is 4.27. The fourth-order valence-electron chi connectivity index (χ4n) is 0.981. The number of hydrogen-bond acceptors (Lipinski definition) is 1. The number of amides is 1. The van der Waals surface area contributed by atoms with E-state index in [0.717, 1.165) is 12.1 Å². The van der Waals surface area contributed by atoms with Crippen molar-refractivity contribution in [3.05, 3.63) is 35.4 Å².